The number of aliphatic hydroxyl groups is 1. The fraction of sp³-hybridized carbons (Fsp3) is 0.125. The summed E-state index contributed by atoms with van der Waals surface area (Å²) in [4.78, 5) is 12.4. The third-order valence-electron chi connectivity index (χ3n) is 3.30. The van der Waals surface area contributed by atoms with Gasteiger partial charge in [0.15, 0.2) is 0 Å². The lowest BCUT2D eigenvalue weighted by Gasteiger charge is -2.12. The molecule has 1 amide bonds. The van der Waals surface area contributed by atoms with E-state index in [2.05, 4.69) is 10.4 Å². The Morgan fingerprint density at radius 1 is 1.30 bits per heavy atom. The van der Waals surface area contributed by atoms with E-state index in [1.165, 1.54) is 11.3 Å². The van der Waals surface area contributed by atoms with Gasteiger partial charge in [0, 0.05) is 18.9 Å². The summed E-state index contributed by atoms with van der Waals surface area (Å²) < 4.78 is 2.29. The number of nitrogens with one attached hydrogen (secondary N) is 1. The number of aromatic nitrogens is 2. The molecular formula is C16H14ClN3O2S. The lowest BCUT2D eigenvalue weighted by atomic mass is 10.1. The van der Waals surface area contributed by atoms with E-state index in [4.69, 9.17) is 11.6 Å². The largest absolute Gasteiger partial charge is 0.387 e. The Morgan fingerprint density at radius 3 is 2.70 bits per heavy atom. The summed E-state index contributed by atoms with van der Waals surface area (Å²) in [5.41, 5.74) is 1.63. The Kier molecular flexibility index (Phi) is 4.76. The molecule has 0 saturated heterocycles. The molecular weight excluding hydrogens is 334 g/mol. The maximum absolute atomic E-state index is 11.9. The third-order valence-corrected chi connectivity index (χ3v) is 4.53. The minimum Gasteiger partial charge on any atom is -0.387 e. The molecule has 1 aromatic carbocycles. The van der Waals surface area contributed by atoms with E-state index < -0.39 is 6.10 Å². The fourth-order valence-corrected chi connectivity index (χ4v) is 3.06. The van der Waals surface area contributed by atoms with Gasteiger partial charge in [-0.15, -0.1) is 11.3 Å². The first-order valence-corrected chi connectivity index (χ1v) is 8.14. The Bertz CT molecular complexity index is 784. The lowest BCUT2D eigenvalue weighted by molar-refractivity contribution is 0.0920. The highest BCUT2D eigenvalue weighted by atomic mass is 35.5. The molecule has 0 fully saturated rings. The van der Waals surface area contributed by atoms with Crippen molar-refractivity contribution >= 4 is 28.8 Å². The first-order chi connectivity index (χ1) is 11.1. The molecule has 1 unspecified atom stereocenters. The number of carbonyl (C=O) groups excluding carboxylic acids is 1. The van der Waals surface area contributed by atoms with Crippen molar-refractivity contribution in [1.29, 1.82) is 0 Å². The van der Waals surface area contributed by atoms with Gasteiger partial charge in [-0.2, -0.15) is 5.10 Å². The van der Waals surface area contributed by atoms with Gasteiger partial charge >= 0.3 is 0 Å². The summed E-state index contributed by atoms with van der Waals surface area (Å²) in [7, 11) is 0. The van der Waals surface area contributed by atoms with Crippen molar-refractivity contribution in [3.63, 3.8) is 0 Å². The van der Waals surface area contributed by atoms with Gasteiger partial charge in [0.25, 0.3) is 5.91 Å². The molecule has 23 heavy (non-hydrogen) atoms. The molecule has 0 aliphatic carbocycles. The molecule has 0 saturated carbocycles. The van der Waals surface area contributed by atoms with Gasteiger partial charge in [-0.25, -0.2) is 4.68 Å². The number of thiophene rings is 1. The molecule has 0 aliphatic heterocycles. The van der Waals surface area contributed by atoms with Crippen LogP contribution in [0.4, 0.5) is 0 Å². The number of hydrogen-bond donors (Lipinski definition) is 2. The zero-order valence-electron chi connectivity index (χ0n) is 12.0. The summed E-state index contributed by atoms with van der Waals surface area (Å²) in [6.45, 7) is 0.134. The van der Waals surface area contributed by atoms with E-state index in [1.54, 1.807) is 23.0 Å². The second-order valence-electron chi connectivity index (χ2n) is 4.87. The van der Waals surface area contributed by atoms with Crippen LogP contribution in [-0.4, -0.2) is 27.3 Å². The van der Waals surface area contributed by atoms with Crippen molar-refractivity contribution in [2.45, 2.75) is 6.10 Å². The Morgan fingerprint density at radius 2 is 2.09 bits per heavy atom. The summed E-state index contributed by atoms with van der Waals surface area (Å²) in [5.74, 6) is -0.242. The summed E-state index contributed by atoms with van der Waals surface area (Å²) in [6.07, 6.45) is 2.77. The molecule has 0 bridgehead atoms. The van der Waals surface area contributed by atoms with Crippen LogP contribution in [0.15, 0.2) is 54.9 Å². The van der Waals surface area contributed by atoms with Gasteiger partial charge in [0.05, 0.1) is 21.0 Å². The number of benzene rings is 1. The summed E-state index contributed by atoms with van der Waals surface area (Å²) in [6, 6.07) is 12.5. The van der Waals surface area contributed by atoms with Gasteiger partial charge < -0.3 is 10.4 Å². The van der Waals surface area contributed by atoms with Crippen LogP contribution in [0.3, 0.4) is 0 Å². The number of nitrogens with zero attached hydrogens (tertiary/aromatic N) is 2. The molecule has 7 heteroatoms. The van der Waals surface area contributed by atoms with Crippen molar-refractivity contribution in [2.75, 3.05) is 6.54 Å². The van der Waals surface area contributed by atoms with E-state index >= 15 is 0 Å². The van der Waals surface area contributed by atoms with Gasteiger partial charge in [-0.3, -0.25) is 4.79 Å². The molecule has 2 aromatic heterocycles. The van der Waals surface area contributed by atoms with Gasteiger partial charge in [0.2, 0.25) is 0 Å². The number of aliphatic hydroxyl groups excluding tert-OH is 1. The monoisotopic (exact) mass is 347 g/mol. The SMILES string of the molecule is O=C(NCC(O)c1ccc(-n2cccn2)cc1)c1ccc(Cl)s1. The number of halogens is 1. The average Bonchev–Trinajstić information content (AvgIpc) is 3.24. The minimum atomic E-state index is -0.777. The number of carbonyl (C=O) groups is 1. The van der Waals surface area contributed by atoms with Gasteiger partial charge in [0.1, 0.15) is 0 Å². The van der Waals surface area contributed by atoms with Crippen LogP contribution >= 0.6 is 22.9 Å². The molecule has 2 heterocycles. The number of amides is 1. The van der Waals surface area contributed by atoms with Gasteiger partial charge in [-0.1, -0.05) is 23.7 Å². The molecule has 0 spiro atoms. The summed E-state index contributed by atoms with van der Waals surface area (Å²) in [5, 5.41) is 17.0. The highest BCUT2D eigenvalue weighted by molar-refractivity contribution is 7.17. The number of hydrogen-bond acceptors (Lipinski definition) is 4. The van der Waals surface area contributed by atoms with E-state index in [0.29, 0.717) is 9.21 Å². The van der Waals surface area contributed by atoms with Crippen LogP contribution in [0.25, 0.3) is 5.69 Å². The van der Waals surface area contributed by atoms with Crippen LogP contribution in [0.5, 0.6) is 0 Å². The second-order valence-corrected chi connectivity index (χ2v) is 6.59. The minimum absolute atomic E-state index is 0.134. The van der Waals surface area contributed by atoms with Crippen LogP contribution in [-0.2, 0) is 0 Å². The van der Waals surface area contributed by atoms with E-state index in [1.807, 2.05) is 36.5 Å². The van der Waals surface area contributed by atoms with Crippen LogP contribution in [0.2, 0.25) is 4.34 Å². The maximum atomic E-state index is 11.9. The smallest absolute Gasteiger partial charge is 0.261 e. The molecule has 3 rings (SSSR count). The molecule has 0 radical (unpaired) electrons. The van der Waals surface area contributed by atoms with Crippen LogP contribution in [0.1, 0.15) is 21.3 Å². The molecule has 0 aliphatic rings. The predicted molar refractivity (Wildman–Crippen MR) is 90.2 cm³/mol. The van der Waals surface area contributed by atoms with Crippen molar-refractivity contribution in [3.8, 4) is 5.69 Å². The zero-order valence-corrected chi connectivity index (χ0v) is 13.6. The Balaban J connectivity index is 1.60. The van der Waals surface area contributed by atoms with Crippen LogP contribution in [0, 0.1) is 0 Å². The zero-order chi connectivity index (χ0) is 16.2. The molecule has 3 aromatic rings. The van der Waals surface area contributed by atoms with Crippen molar-refractivity contribution in [3.05, 3.63) is 69.6 Å². The maximum Gasteiger partial charge on any atom is 0.261 e. The van der Waals surface area contributed by atoms with Crippen molar-refractivity contribution < 1.29 is 9.90 Å². The average molecular weight is 348 g/mol. The van der Waals surface area contributed by atoms with E-state index in [9.17, 15) is 9.90 Å². The van der Waals surface area contributed by atoms with Crippen LogP contribution < -0.4 is 5.32 Å². The highest BCUT2D eigenvalue weighted by Crippen LogP contribution is 2.21. The molecule has 118 valence electrons. The molecule has 5 nitrogen and oxygen atoms in total. The summed E-state index contributed by atoms with van der Waals surface area (Å²) >= 11 is 7.01. The van der Waals surface area contributed by atoms with E-state index in [0.717, 1.165) is 11.3 Å². The highest BCUT2D eigenvalue weighted by Gasteiger charge is 2.12. The third kappa shape index (κ3) is 3.79. The standard InChI is InChI=1S/C16H14ClN3O2S/c17-15-7-6-14(23-15)16(22)18-10-13(21)11-2-4-12(5-3-11)20-9-1-8-19-20/h1-9,13,21H,10H2,(H,18,22). The number of rotatable bonds is 5. The quantitative estimate of drug-likeness (QED) is 0.745. The Hall–Kier alpha value is -2.15. The fourth-order valence-electron chi connectivity index (χ4n) is 2.10. The van der Waals surface area contributed by atoms with Crippen molar-refractivity contribution in [2.24, 2.45) is 0 Å². The topological polar surface area (TPSA) is 67.2 Å². The van der Waals surface area contributed by atoms with Gasteiger partial charge in [-0.05, 0) is 35.9 Å². The molecule has 2 N–H and O–H groups in total. The van der Waals surface area contributed by atoms with Crippen molar-refractivity contribution in [1.82, 2.24) is 15.1 Å². The normalized spacial score (nSPS) is 12.1. The molecule has 1 atom stereocenters. The van der Waals surface area contributed by atoms with E-state index in [-0.39, 0.29) is 12.5 Å². The second kappa shape index (κ2) is 6.95. The first-order valence-electron chi connectivity index (χ1n) is 6.95. The predicted octanol–water partition coefficient (Wildman–Crippen LogP) is 3.05. The lowest BCUT2D eigenvalue weighted by Crippen LogP contribution is -2.27. The first kappa shape index (κ1) is 15.7. The Labute approximate surface area is 142 Å².